The molecular formula is C17H28N2OS. The van der Waals surface area contributed by atoms with Gasteiger partial charge in [-0.05, 0) is 46.5 Å². The highest BCUT2D eigenvalue weighted by Gasteiger charge is 2.43. The number of nitrogens with one attached hydrogen (secondary N) is 1. The third-order valence-corrected chi connectivity index (χ3v) is 5.71. The minimum Gasteiger partial charge on any atom is -0.374 e. The minimum absolute atomic E-state index is 0.156. The Morgan fingerprint density at radius 1 is 1.33 bits per heavy atom. The van der Waals surface area contributed by atoms with Gasteiger partial charge in [-0.25, -0.2) is 4.98 Å². The molecule has 3 atom stereocenters. The number of rotatable bonds is 5. The molecule has 0 amide bonds. The summed E-state index contributed by atoms with van der Waals surface area (Å²) in [4.78, 5) is 6.43. The Hall–Kier alpha value is -0.450. The summed E-state index contributed by atoms with van der Waals surface area (Å²) in [7, 11) is 0. The molecule has 3 rings (SSSR count). The summed E-state index contributed by atoms with van der Waals surface area (Å²) in [6.07, 6.45) is 6.89. The number of thiazole rings is 1. The summed E-state index contributed by atoms with van der Waals surface area (Å²) in [5, 5.41) is 4.94. The standard InChI is InChI=1S/C17H28N2OS/c1-5-6-13-15(10-18-17(2,3)4)21-16(19-13)12-9-11-7-8-14(12)20-11/h11-12,14,18H,5-10H2,1-4H3. The topological polar surface area (TPSA) is 34.1 Å². The Bertz CT molecular complexity index is 491. The molecule has 0 spiro atoms. The third kappa shape index (κ3) is 3.49. The molecule has 1 aromatic heterocycles. The fourth-order valence-corrected chi connectivity index (χ4v) is 4.59. The van der Waals surface area contributed by atoms with E-state index in [-0.39, 0.29) is 5.54 Å². The molecule has 21 heavy (non-hydrogen) atoms. The second-order valence-corrected chi connectivity index (χ2v) is 8.61. The average molecular weight is 308 g/mol. The van der Waals surface area contributed by atoms with Crippen LogP contribution < -0.4 is 5.32 Å². The van der Waals surface area contributed by atoms with E-state index in [1.807, 2.05) is 11.3 Å². The van der Waals surface area contributed by atoms with Gasteiger partial charge in [0, 0.05) is 22.9 Å². The van der Waals surface area contributed by atoms with Gasteiger partial charge in [0.1, 0.15) is 0 Å². The highest BCUT2D eigenvalue weighted by atomic mass is 32.1. The van der Waals surface area contributed by atoms with Gasteiger partial charge >= 0.3 is 0 Å². The van der Waals surface area contributed by atoms with Gasteiger partial charge < -0.3 is 10.1 Å². The second kappa shape index (κ2) is 5.98. The Morgan fingerprint density at radius 2 is 2.14 bits per heavy atom. The van der Waals surface area contributed by atoms with Gasteiger partial charge in [0.15, 0.2) is 0 Å². The monoisotopic (exact) mass is 308 g/mol. The van der Waals surface area contributed by atoms with E-state index in [1.165, 1.54) is 41.3 Å². The molecule has 3 nitrogen and oxygen atoms in total. The molecule has 2 aliphatic rings. The van der Waals surface area contributed by atoms with E-state index in [0.717, 1.165) is 13.0 Å². The number of ether oxygens (including phenoxy) is 1. The van der Waals surface area contributed by atoms with Crippen LogP contribution >= 0.6 is 11.3 Å². The van der Waals surface area contributed by atoms with Crippen LogP contribution in [0.2, 0.25) is 0 Å². The normalized spacial score (nSPS) is 28.5. The zero-order valence-corrected chi connectivity index (χ0v) is 14.6. The van der Waals surface area contributed by atoms with E-state index in [2.05, 4.69) is 33.0 Å². The van der Waals surface area contributed by atoms with Crippen LogP contribution in [-0.2, 0) is 17.7 Å². The number of aryl methyl sites for hydroxylation is 1. The van der Waals surface area contributed by atoms with Crippen LogP contribution in [0.25, 0.3) is 0 Å². The van der Waals surface area contributed by atoms with Crippen LogP contribution in [0.4, 0.5) is 0 Å². The first-order valence-electron chi connectivity index (χ1n) is 8.35. The Morgan fingerprint density at radius 3 is 2.71 bits per heavy atom. The van der Waals surface area contributed by atoms with Gasteiger partial charge in [0.25, 0.3) is 0 Å². The maximum absolute atomic E-state index is 6.01. The van der Waals surface area contributed by atoms with Gasteiger partial charge in [0.05, 0.1) is 22.9 Å². The second-order valence-electron chi connectivity index (χ2n) is 7.49. The molecule has 3 heterocycles. The fourth-order valence-electron chi connectivity index (χ4n) is 3.38. The quantitative estimate of drug-likeness (QED) is 0.892. The van der Waals surface area contributed by atoms with E-state index >= 15 is 0 Å². The highest BCUT2D eigenvalue weighted by molar-refractivity contribution is 7.11. The largest absolute Gasteiger partial charge is 0.374 e. The predicted molar refractivity (Wildman–Crippen MR) is 88.0 cm³/mol. The first-order valence-corrected chi connectivity index (χ1v) is 9.17. The zero-order chi connectivity index (χ0) is 15.0. The van der Waals surface area contributed by atoms with E-state index in [1.54, 1.807) is 0 Å². The van der Waals surface area contributed by atoms with Crippen molar-refractivity contribution in [2.75, 3.05) is 0 Å². The molecule has 4 heteroatoms. The van der Waals surface area contributed by atoms with Crippen molar-refractivity contribution < 1.29 is 4.74 Å². The van der Waals surface area contributed by atoms with E-state index in [9.17, 15) is 0 Å². The third-order valence-electron chi connectivity index (χ3n) is 4.48. The van der Waals surface area contributed by atoms with Crippen LogP contribution in [0, 0.1) is 0 Å². The van der Waals surface area contributed by atoms with Crippen molar-refractivity contribution in [2.24, 2.45) is 0 Å². The molecule has 2 fully saturated rings. The van der Waals surface area contributed by atoms with Gasteiger partial charge in [-0.3, -0.25) is 0 Å². The molecule has 0 saturated carbocycles. The SMILES string of the molecule is CCCc1nc(C2CC3CCC2O3)sc1CNC(C)(C)C. The van der Waals surface area contributed by atoms with E-state index in [0.29, 0.717) is 18.1 Å². The number of hydrogen-bond donors (Lipinski definition) is 1. The molecule has 1 aromatic rings. The summed E-state index contributed by atoms with van der Waals surface area (Å²) < 4.78 is 6.01. The maximum Gasteiger partial charge on any atom is 0.0989 e. The lowest BCUT2D eigenvalue weighted by molar-refractivity contribution is 0.100. The summed E-state index contributed by atoms with van der Waals surface area (Å²) in [6, 6.07) is 0. The lowest BCUT2D eigenvalue weighted by Crippen LogP contribution is -2.35. The molecule has 1 N–H and O–H groups in total. The first kappa shape index (κ1) is 15.4. The molecule has 118 valence electrons. The Kier molecular flexibility index (Phi) is 4.40. The molecule has 2 saturated heterocycles. The fraction of sp³-hybridized carbons (Fsp3) is 0.824. The van der Waals surface area contributed by atoms with Crippen molar-refractivity contribution in [3.8, 4) is 0 Å². The molecular weight excluding hydrogens is 280 g/mol. The van der Waals surface area contributed by atoms with Crippen LogP contribution in [0.15, 0.2) is 0 Å². The van der Waals surface area contributed by atoms with Crippen molar-refractivity contribution in [3.63, 3.8) is 0 Å². The minimum atomic E-state index is 0.156. The molecule has 0 aromatic carbocycles. The van der Waals surface area contributed by atoms with E-state index in [4.69, 9.17) is 9.72 Å². The molecule has 2 bridgehead atoms. The summed E-state index contributed by atoms with van der Waals surface area (Å²) in [6.45, 7) is 9.84. The van der Waals surface area contributed by atoms with Crippen LogP contribution in [-0.4, -0.2) is 22.7 Å². The van der Waals surface area contributed by atoms with Gasteiger partial charge in [0.2, 0.25) is 0 Å². The van der Waals surface area contributed by atoms with Crippen molar-refractivity contribution in [1.82, 2.24) is 10.3 Å². The summed E-state index contributed by atoms with van der Waals surface area (Å²) in [5.41, 5.74) is 1.47. The molecule has 2 aliphatic heterocycles. The number of fused-ring (bicyclic) bond motifs is 2. The van der Waals surface area contributed by atoms with Crippen LogP contribution in [0.1, 0.15) is 74.9 Å². The van der Waals surface area contributed by atoms with E-state index < -0.39 is 0 Å². The van der Waals surface area contributed by atoms with Gasteiger partial charge in [-0.2, -0.15) is 0 Å². The van der Waals surface area contributed by atoms with Crippen LogP contribution in [0.5, 0.6) is 0 Å². The Labute approximate surface area is 132 Å². The lowest BCUT2D eigenvalue weighted by Gasteiger charge is -2.20. The predicted octanol–water partition coefficient (Wildman–Crippen LogP) is 4.02. The highest BCUT2D eigenvalue weighted by Crippen LogP contribution is 2.45. The van der Waals surface area contributed by atoms with Crippen LogP contribution in [0.3, 0.4) is 0 Å². The lowest BCUT2D eigenvalue weighted by atomic mass is 9.90. The maximum atomic E-state index is 6.01. The van der Waals surface area contributed by atoms with Crippen molar-refractivity contribution in [1.29, 1.82) is 0 Å². The summed E-state index contributed by atoms with van der Waals surface area (Å²) >= 11 is 1.92. The number of hydrogen-bond acceptors (Lipinski definition) is 4. The number of nitrogens with zero attached hydrogens (tertiary/aromatic N) is 1. The molecule has 0 aliphatic carbocycles. The van der Waals surface area contributed by atoms with Gasteiger partial charge in [-0.1, -0.05) is 13.3 Å². The summed E-state index contributed by atoms with van der Waals surface area (Å²) in [5.74, 6) is 0.563. The smallest absolute Gasteiger partial charge is 0.0989 e. The molecule has 0 radical (unpaired) electrons. The van der Waals surface area contributed by atoms with Crippen molar-refractivity contribution >= 4 is 11.3 Å². The number of aromatic nitrogens is 1. The van der Waals surface area contributed by atoms with Gasteiger partial charge in [-0.15, -0.1) is 11.3 Å². The Balaban J connectivity index is 1.76. The van der Waals surface area contributed by atoms with Crippen molar-refractivity contribution in [3.05, 3.63) is 15.6 Å². The van der Waals surface area contributed by atoms with Crippen molar-refractivity contribution in [2.45, 2.75) is 90.0 Å². The molecule has 3 unspecified atom stereocenters. The zero-order valence-electron chi connectivity index (χ0n) is 13.7. The first-order chi connectivity index (χ1) is 9.96. The average Bonchev–Trinajstić information content (AvgIpc) is 3.10.